The maximum atomic E-state index is 12.7. The van der Waals surface area contributed by atoms with Crippen LogP contribution < -0.4 is 5.32 Å². The Bertz CT molecular complexity index is 966. The molecule has 0 aliphatic heterocycles. The minimum absolute atomic E-state index is 0.0711. The number of para-hydroxylation sites is 1. The van der Waals surface area contributed by atoms with Crippen LogP contribution in [0.1, 0.15) is 12.5 Å². The summed E-state index contributed by atoms with van der Waals surface area (Å²) in [5, 5.41) is 3.39. The largest absolute Gasteiger partial charge is 0.333 e. The van der Waals surface area contributed by atoms with E-state index in [0.29, 0.717) is 22.3 Å². The van der Waals surface area contributed by atoms with Gasteiger partial charge >= 0.3 is 0 Å². The fraction of sp³-hybridized carbons (Fsp3) is 0.182. The van der Waals surface area contributed by atoms with Crippen LogP contribution in [-0.2, 0) is 16.0 Å². The monoisotopic (exact) mass is 429 g/mol. The van der Waals surface area contributed by atoms with E-state index >= 15 is 0 Å². The van der Waals surface area contributed by atoms with E-state index in [1.165, 1.54) is 4.90 Å². The van der Waals surface area contributed by atoms with Crippen LogP contribution in [0.5, 0.6) is 0 Å². The molecule has 0 saturated heterocycles. The molecule has 7 heteroatoms. The predicted molar refractivity (Wildman–Crippen MR) is 117 cm³/mol. The molecule has 0 aliphatic rings. The van der Waals surface area contributed by atoms with Crippen LogP contribution in [0, 0.1) is 0 Å². The smallest absolute Gasteiger partial charge is 0.244 e. The van der Waals surface area contributed by atoms with Crippen molar-refractivity contribution < 1.29 is 9.59 Å². The molecule has 0 bridgehead atoms. The van der Waals surface area contributed by atoms with Gasteiger partial charge in [0.2, 0.25) is 11.8 Å². The lowest BCUT2D eigenvalue weighted by atomic mass is 10.1. The van der Waals surface area contributed by atoms with E-state index < -0.39 is 0 Å². The van der Waals surface area contributed by atoms with Gasteiger partial charge in [-0.2, -0.15) is 0 Å². The summed E-state index contributed by atoms with van der Waals surface area (Å²) in [5.74, 6) is -0.472. The number of halogens is 2. The van der Waals surface area contributed by atoms with Crippen LogP contribution in [0.3, 0.4) is 0 Å². The summed E-state index contributed by atoms with van der Waals surface area (Å²) in [7, 11) is 0. The molecule has 0 unspecified atom stereocenters. The Hall–Kier alpha value is -2.76. The number of likely N-dealkylation sites (N-methyl/N-ethyl adjacent to an activating group) is 1. The molecule has 3 rings (SSSR count). The highest BCUT2D eigenvalue weighted by Crippen LogP contribution is 2.29. The summed E-state index contributed by atoms with van der Waals surface area (Å²) in [6, 6.07) is 16.7. The molecule has 0 fully saturated rings. The van der Waals surface area contributed by atoms with Gasteiger partial charge in [-0.05, 0) is 48.9 Å². The molecule has 0 aliphatic carbocycles. The average molecular weight is 430 g/mol. The van der Waals surface area contributed by atoms with Crippen molar-refractivity contribution in [2.24, 2.45) is 0 Å². The molecule has 2 amide bonds. The van der Waals surface area contributed by atoms with E-state index in [-0.39, 0.29) is 24.8 Å². The first-order valence-corrected chi connectivity index (χ1v) is 9.97. The minimum Gasteiger partial charge on any atom is -0.333 e. The van der Waals surface area contributed by atoms with Crippen molar-refractivity contribution in [3.05, 3.63) is 82.6 Å². The van der Waals surface area contributed by atoms with Crippen LogP contribution in [0.4, 0.5) is 5.69 Å². The van der Waals surface area contributed by atoms with Crippen LogP contribution in [0.2, 0.25) is 10.0 Å². The number of hydrogen-bond donors (Lipinski definition) is 1. The van der Waals surface area contributed by atoms with Crippen molar-refractivity contribution in [3.8, 4) is 5.69 Å². The highest BCUT2D eigenvalue weighted by atomic mass is 35.5. The van der Waals surface area contributed by atoms with E-state index in [1.54, 1.807) is 18.2 Å². The average Bonchev–Trinajstić information content (AvgIpc) is 3.24. The van der Waals surface area contributed by atoms with E-state index in [1.807, 2.05) is 60.3 Å². The van der Waals surface area contributed by atoms with Crippen LogP contribution in [0.15, 0.2) is 67.0 Å². The summed E-state index contributed by atoms with van der Waals surface area (Å²) in [4.78, 5) is 26.6. The maximum absolute atomic E-state index is 12.7. The number of anilines is 1. The Kier molecular flexibility index (Phi) is 6.96. The highest BCUT2D eigenvalue weighted by molar-refractivity contribution is 6.39. The third-order valence-electron chi connectivity index (χ3n) is 4.49. The van der Waals surface area contributed by atoms with Crippen LogP contribution in [-0.4, -0.2) is 34.4 Å². The Balaban J connectivity index is 1.60. The molecule has 0 saturated carbocycles. The number of carbonyl (C=O) groups is 2. The van der Waals surface area contributed by atoms with Gasteiger partial charge in [-0.25, -0.2) is 0 Å². The molecule has 3 aromatic rings. The third-order valence-corrected chi connectivity index (χ3v) is 5.12. The van der Waals surface area contributed by atoms with Crippen molar-refractivity contribution in [2.45, 2.75) is 13.3 Å². The van der Waals surface area contributed by atoms with Gasteiger partial charge in [0.1, 0.15) is 0 Å². The Morgan fingerprint density at radius 1 is 0.966 bits per heavy atom. The number of rotatable bonds is 7. The number of aromatic nitrogens is 1. The summed E-state index contributed by atoms with van der Waals surface area (Å²) in [6.45, 7) is 2.19. The van der Waals surface area contributed by atoms with E-state index in [9.17, 15) is 9.59 Å². The third kappa shape index (κ3) is 5.40. The number of carbonyl (C=O) groups excluding carboxylic acids is 2. The fourth-order valence-corrected chi connectivity index (χ4v) is 3.42. The van der Waals surface area contributed by atoms with Crippen molar-refractivity contribution in [3.63, 3.8) is 0 Å². The molecule has 1 heterocycles. The van der Waals surface area contributed by atoms with E-state index in [0.717, 1.165) is 11.3 Å². The first kappa shape index (κ1) is 21.0. The Morgan fingerprint density at radius 3 is 2.17 bits per heavy atom. The molecule has 1 aromatic heterocycles. The second kappa shape index (κ2) is 9.63. The zero-order valence-corrected chi connectivity index (χ0v) is 17.5. The van der Waals surface area contributed by atoms with Crippen LogP contribution in [0.25, 0.3) is 5.69 Å². The second-order valence-electron chi connectivity index (χ2n) is 6.49. The molecular formula is C22H21Cl2N3O2. The van der Waals surface area contributed by atoms with Gasteiger partial charge in [-0.1, -0.05) is 41.4 Å². The second-order valence-corrected chi connectivity index (χ2v) is 7.30. The lowest BCUT2D eigenvalue weighted by Gasteiger charge is -2.21. The zero-order chi connectivity index (χ0) is 20.8. The summed E-state index contributed by atoms with van der Waals surface area (Å²) < 4.78 is 1.99. The topological polar surface area (TPSA) is 54.3 Å². The number of hydrogen-bond acceptors (Lipinski definition) is 2. The molecule has 2 aromatic carbocycles. The van der Waals surface area contributed by atoms with Crippen molar-refractivity contribution >= 4 is 40.7 Å². The normalized spacial score (nSPS) is 10.6. The number of benzene rings is 2. The number of nitrogens with one attached hydrogen (secondary N) is 1. The first-order chi connectivity index (χ1) is 14.0. The van der Waals surface area contributed by atoms with Gasteiger partial charge < -0.3 is 14.8 Å². The fourth-order valence-electron chi connectivity index (χ4n) is 2.92. The predicted octanol–water partition coefficient (Wildman–Crippen LogP) is 4.81. The van der Waals surface area contributed by atoms with E-state index in [4.69, 9.17) is 23.2 Å². The molecule has 0 radical (unpaired) electrons. The quantitative estimate of drug-likeness (QED) is 0.585. The SMILES string of the molecule is CCN(CC(=O)Nc1c(Cl)cccc1Cl)C(=O)Cc1ccc(-n2cccc2)cc1. The molecule has 29 heavy (non-hydrogen) atoms. The molecule has 0 atom stereocenters. The van der Waals surface area contributed by atoms with Crippen molar-refractivity contribution in [1.82, 2.24) is 9.47 Å². The number of nitrogens with zero attached hydrogens (tertiary/aromatic N) is 2. The highest BCUT2D eigenvalue weighted by Gasteiger charge is 2.17. The van der Waals surface area contributed by atoms with Gasteiger partial charge in [-0.15, -0.1) is 0 Å². The standard InChI is InChI=1S/C22H21Cl2N3O2/c1-2-26(15-20(28)25-22-18(23)6-5-7-19(22)24)21(29)14-16-8-10-17(11-9-16)27-12-3-4-13-27/h3-13H,2,14-15H2,1H3,(H,25,28). The summed E-state index contributed by atoms with van der Waals surface area (Å²) >= 11 is 12.2. The van der Waals surface area contributed by atoms with E-state index in [2.05, 4.69) is 5.32 Å². The van der Waals surface area contributed by atoms with Gasteiger partial charge in [0.25, 0.3) is 0 Å². The van der Waals surface area contributed by atoms with Crippen molar-refractivity contribution in [2.75, 3.05) is 18.4 Å². The van der Waals surface area contributed by atoms with Gasteiger partial charge in [0.05, 0.1) is 28.7 Å². The first-order valence-electron chi connectivity index (χ1n) is 9.22. The lowest BCUT2D eigenvalue weighted by molar-refractivity contribution is -0.133. The van der Waals surface area contributed by atoms with Gasteiger partial charge in [-0.3, -0.25) is 9.59 Å². The number of amides is 2. The Morgan fingerprint density at radius 2 is 1.59 bits per heavy atom. The lowest BCUT2D eigenvalue weighted by Crippen LogP contribution is -2.38. The molecule has 1 N–H and O–H groups in total. The zero-order valence-electron chi connectivity index (χ0n) is 15.9. The van der Waals surface area contributed by atoms with Crippen molar-refractivity contribution in [1.29, 1.82) is 0 Å². The minimum atomic E-state index is -0.349. The molecular weight excluding hydrogens is 409 g/mol. The van der Waals surface area contributed by atoms with Gasteiger partial charge in [0, 0.05) is 24.6 Å². The molecule has 5 nitrogen and oxygen atoms in total. The van der Waals surface area contributed by atoms with Crippen LogP contribution >= 0.6 is 23.2 Å². The van der Waals surface area contributed by atoms with Gasteiger partial charge in [0.15, 0.2) is 0 Å². The molecule has 150 valence electrons. The summed E-state index contributed by atoms with van der Waals surface area (Å²) in [6.07, 6.45) is 4.14. The Labute approximate surface area is 179 Å². The molecule has 0 spiro atoms. The summed E-state index contributed by atoms with van der Waals surface area (Å²) in [5.41, 5.74) is 2.26. The maximum Gasteiger partial charge on any atom is 0.244 e.